The third kappa shape index (κ3) is 3.24. The number of amides is 1. The molecule has 0 saturated heterocycles. The lowest BCUT2D eigenvalue weighted by atomic mass is 10.0. The molecule has 1 aromatic carbocycles. The Morgan fingerprint density at radius 1 is 1.38 bits per heavy atom. The molecular formula is C12H13NO3. The monoisotopic (exact) mass is 219 g/mol. The standard InChI is InChI=1S/C12H13NO3/c1-2-11(14)13-8-7-9-5-3-4-6-10(9)12(15)16/h2-6H,1,7-8H2,(H,13,14)(H,15,16). The fourth-order valence-electron chi connectivity index (χ4n) is 1.34. The number of carbonyl (C=O) groups is 2. The smallest absolute Gasteiger partial charge is 0.335 e. The van der Waals surface area contributed by atoms with Crippen LogP contribution in [0.25, 0.3) is 0 Å². The summed E-state index contributed by atoms with van der Waals surface area (Å²) in [6, 6.07) is 6.74. The van der Waals surface area contributed by atoms with Crippen LogP contribution in [0.1, 0.15) is 15.9 Å². The Balaban J connectivity index is 2.63. The second-order valence-corrected chi connectivity index (χ2v) is 3.21. The van der Waals surface area contributed by atoms with E-state index >= 15 is 0 Å². The van der Waals surface area contributed by atoms with Crippen molar-refractivity contribution in [2.45, 2.75) is 6.42 Å². The Morgan fingerprint density at radius 3 is 2.69 bits per heavy atom. The molecule has 16 heavy (non-hydrogen) atoms. The van der Waals surface area contributed by atoms with Crippen LogP contribution in [-0.4, -0.2) is 23.5 Å². The Kier molecular flexibility index (Phi) is 4.27. The van der Waals surface area contributed by atoms with E-state index in [-0.39, 0.29) is 11.5 Å². The summed E-state index contributed by atoms with van der Waals surface area (Å²) in [5, 5.41) is 11.5. The molecule has 84 valence electrons. The molecule has 0 fully saturated rings. The number of hydrogen-bond donors (Lipinski definition) is 2. The van der Waals surface area contributed by atoms with E-state index in [0.717, 1.165) is 0 Å². The summed E-state index contributed by atoms with van der Waals surface area (Å²) in [5.41, 5.74) is 0.981. The predicted octanol–water partition coefficient (Wildman–Crippen LogP) is 1.23. The third-order valence-corrected chi connectivity index (χ3v) is 2.13. The Morgan fingerprint density at radius 2 is 2.06 bits per heavy atom. The van der Waals surface area contributed by atoms with E-state index in [1.165, 1.54) is 6.08 Å². The highest BCUT2D eigenvalue weighted by atomic mass is 16.4. The molecule has 0 aliphatic carbocycles. The molecule has 0 atom stereocenters. The van der Waals surface area contributed by atoms with Gasteiger partial charge in [-0.2, -0.15) is 0 Å². The molecule has 0 aliphatic heterocycles. The molecule has 0 saturated carbocycles. The molecule has 0 radical (unpaired) electrons. The van der Waals surface area contributed by atoms with Gasteiger partial charge >= 0.3 is 5.97 Å². The molecule has 4 nitrogen and oxygen atoms in total. The van der Waals surface area contributed by atoms with Crippen molar-refractivity contribution in [1.29, 1.82) is 0 Å². The van der Waals surface area contributed by atoms with Gasteiger partial charge in [0.15, 0.2) is 0 Å². The molecule has 0 aliphatic rings. The SMILES string of the molecule is C=CC(=O)NCCc1ccccc1C(=O)O. The van der Waals surface area contributed by atoms with Crippen LogP contribution in [0.5, 0.6) is 0 Å². The van der Waals surface area contributed by atoms with Crippen molar-refractivity contribution < 1.29 is 14.7 Å². The number of nitrogens with one attached hydrogen (secondary N) is 1. The maximum Gasteiger partial charge on any atom is 0.335 e. The van der Waals surface area contributed by atoms with E-state index in [0.29, 0.717) is 18.5 Å². The van der Waals surface area contributed by atoms with Crippen LogP contribution in [0.3, 0.4) is 0 Å². The molecular weight excluding hydrogens is 206 g/mol. The van der Waals surface area contributed by atoms with Crippen LogP contribution in [0.15, 0.2) is 36.9 Å². The van der Waals surface area contributed by atoms with Gasteiger partial charge in [-0.1, -0.05) is 24.8 Å². The lowest BCUT2D eigenvalue weighted by molar-refractivity contribution is -0.116. The van der Waals surface area contributed by atoms with E-state index in [9.17, 15) is 9.59 Å². The molecule has 4 heteroatoms. The minimum atomic E-state index is -0.953. The molecule has 1 amide bonds. The van der Waals surface area contributed by atoms with Crippen LogP contribution >= 0.6 is 0 Å². The van der Waals surface area contributed by atoms with Crippen LogP contribution in [0.4, 0.5) is 0 Å². The van der Waals surface area contributed by atoms with Gasteiger partial charge in [0.05, 0.1) is 5.56 Å². The number of carboxylic acids is 1. The predicted molar refractivity (Wildman–Crippen MR) is 60.3 cm³/mol. The minimum Gasteiger partial charge on any atom is -0.478 e. The number of benzene rings is 1. The maximum absolute atomic E-state index is 10.9. The first-order valence-electron chi connectivity index (χ1n) is 4.86. The summed E-state index contributed by atoms with van der Waals surface area (Å²) in [4.78, 5) is 21.7. The van der Waals surface area contributed by atoms with E-state index < -0.39 is 5.97 Å². The van der Waals surface area contributed by atoms with Gasteiger partial charge in [-0.05, 0) is 24.1 Å². The second-order valence-electron chi connectivity index (χ2n) is 3.21. The van der Waals surface area contributed by atoms with Gasteiger partial charge < -0.3 is 10.4 Å². The van der Waals surface area contributed by atoms with Crippen molar-refractivity contribution in [3.05, 3.63) is 48.0 Å². The van der Waals surface area contributed by atoms with Gasteiger partial charge in [0.1, 0.15) is 0 Å². The molecule has 1 aromatic rings. The summed E-state index contributed by atoms with van der Waals surface area (Å²) in [6.07, 6.45) is 1.67. The molecule has 0 spiro atoms. The zero-order valence-electron chi connectivity index (χ0n) is 8.77. The van der Waals surface area contributed by atoms with Crippen molar-refractivity contribution in [1.82, 2.24) is 5.32 Å². The molecule has 0 unspecified atom stereocenters. The van der Waals surface area contributed by atoms with Gasteiger partial charge in [-0.15, -0.1) is 0 Å². The van der Waals surface area contributed by atoms with Gasteiger partial charge in [0, 0.05) is 6.54 Å². The number of hydrogen-bond acceptors (Lipinski definition) is 2. The molecule has 0 aromatic heterocycles. The number of rotatable bonds is 5. The topological polar surface area (TPSA) is 66.4 Å². The van der Waals surface area contributed by atoms with Crippen LogP contribution in [-0.2, 0) is 11.2 Å². The van der Waals surface area contributed by atoms with Gasteiger partial charge in [0.25, 0.3) is 0 Å². The van der Waals surface area contributed by atoms with Crippen molar-refractivity contribution in [2.24, 2.45) is 0 Å². The van der Waals surface area contributed by atoms with Crippen LogP contribution in [0.2, 0.25) is 0 Å². The molecule has 0 bridgehead atoms. The largest absolute Gasteiger partial charge is 0.478 e. The summed E-state index contributed by atoms with van der Waals surface area (Å²) in [6.45, 7) is 3.72. The number of carbonyl (C=O) groups excluding carboxylic acids is 1. The van der Waals surface area contributed by atoms with E-state index in [1.807, 2.05) is 0 Å². The van der Waals surface area contributed by atoms with Gasteiger partial charge in [-0.25, -0.2) is 4.79 Å². The van der Waals surface area contributed by atoms with Crippen molar-refractivity contribution >= 4 is 11.9 Å². The average Bonchev–Trinajstić information content (AvgIpc) is 2.29. The first-order chi connectivity index (χ1) is 7.65. The highest BCUT2D eigenvalue weighted by Gasteiger charge is 2.08. The first kappa shape index (κ1) is 12.0. The second kappa shape index (κ2) is 5.70. The Labute approximate surface area is 93.6 Å². The van der Waals surface area contributed by atoms with Crippen LogP contribution < -0.4 is 5.32 Å². The lowest BCUT2D eigenvalue weighted by Gasteiger charge is -2.05. The van der Waals surface area contributed by atoms with Crippen molar-refractivity contribution in [3.8, 4) is 0 Å². The average molecular weight is 219 g/mol. The van der Waals surface area contributed by atoms with Crippen molar-refractivity contribution in [3.63, 3.8) is 0 Å². The summed E-state index contributed by atoms with van der Waals surface area (Å²) < 4.78 is 0. The maximum atomic E-state index is 10.9. The fourth-order valence-corrected chi connectivity index (χ4v) is 1.34. The van der Waals surface area contributed by atoms with Gasteiger partial charge in [0.2, 0.25) is 5.91 Å². The number of carboxylic acid groups (broad SMARTS) is 1. The van der Waals surface area contributed by atoms with Gasteiger partial charge in [-0.3, -0.25) is 4.79 Å². The van der Waals surface area contributed by atoms with E-state index in [4.69, 9.17) is 5.11 Å². The summed E-state index contributed by atoms with van der Waals surface area (Å²) in [5.74, 6) is -1.21. The van der Waals surface area contributed by atoms with E-state index in [1.54, 1.807) is 24.3 Å². The summed E-state index contributed by atoms with van der Waals surface area (Å²) in [7, 11) is 0. The normalized spacial score (nSPS) is 9.50. The summed E-state index contributed by atoms with van der Waals surface area (Å²) >= 11 is 0. The molecule has 0 heterocycles. The fraction of sp³-hybridized carbons (Fsp3) is 0.167. The quantitative estimate of drug-likeness (QED) is 0.732. The molecule has 1 rings (SSSR count). The highest BCUT2D eigenvalue weighted by Crippen LogP contribution is 2.08. The highest BCUT2D eigenvalue weighted by molar-refractivity contribution is 5.89. The Hall–Kier alpha value is -2.10. The lowest BCUT2D eigenvalue weighted by Crippen LogP contribution is -2.23. The zero-order chi connectivity index (χ0) is 12.0. The third-order valence-electron chi connectivity index (χ3n) is 2.13. The zero-order valence-corrected chi connectivity index (χ0v) is 8.77. The number of aromatic carboxylic acids is 1. The Bertz CT molecular complexity index is 412. The van der Waals surface area contributed by atoms with Crippen LogP contribution in [0, 0.1) is 0 Å². The first-order valence-corrected chi connectivity index (χ1v) is 4.86. The van der Waals surface area contributed by atoms with Crippen molar-refractivity contribution in [2.75, 3.05) is 6.54 Å². The van der Waals surface area contributed by atoms with E-state index in [2.05, 4.69) is 11.9 Å². The molecule has 2 N–H and O–H groups in total. The minimum absolute atomic E-state index is 0.257.